The predicted molar refractivity (Wildman–Crippen MR) is 93.8 cm³/mol. The van der Waals surface area contributed by atoms with Gasteiger partial charge in [0.05, 0.1) is 6.42 Å². The number of fused-ring (bicyclic) bond motifs is 5. The molecule has 1 aromatic heterocycles. The fourth-order valence-corrected chi connectivity index (χ4v) is 3.78. The van der Waals surface area contributed by atoms with Crippen LogP contribution in [0.1, 0.15) is 11.1 Å². The molecule has 0 unspecified atom stereocenters. The van der Waals surface area contributed by atoms with Crippen LogP contribution < -0.4 is 0 Å². The van der Waals surface area contributed by atoms with Gasteiger partial charge in [-0.25, -0.2) is 8.42 Å². The van der Waals surface area contributed by atoms with E-state index in [9.17, 15) is 3.89 Å². The predicted octanol–water partition coefficient (Wildman–Crippen LogP) is 3.77. The van der Waals surface area contributed by atoms with E-state index in [4.69, 9.17) is 17.4 Å². The topological polar surface area (TPSA) is 68.5 Å². The zero-order valence-corrected chi connectivity index (χ0v) is 14.3. The Morgan fingerprint density at radius 3 is 2.50 bits per heavy atom. The second kappa shape index (κ2) is 6.43. The van der Waals surface area contributed by atoms with Crippen molar-refractivity contribution in [1.82, 2.24) is 0 Å². The van der Waals surface area contributed by atoms with Crippen molar-refractivity contribution < 1.29 is 21.3 Å². The highest BCUT2D eigenvalue weighted by atomic mass is 32.3. The van der Waals surface area contributed by atoms with E-state index < -0.39 is 10.5 Å². The first-order valence-electron chi connectivity index (χ1n) is 7.02. The molecule has 0 N–H and O–H groups in total. The molecular weight excluding hydrogens is 351 g/mol. The Bertz CT molecular complexity index is 1070. The summed E-state index contributed by atoms with van der Waals surface area (Å²) in [7, 11) is -3.68. The molecule has 3 aromatic rings. The van der Waals surface area contributed by atoms with Crippen LogP contribution >= 0.6 is 11.3 Å². The number of allylic oxidation sites excluding steroid dienone is 1. The molecule has 4 nitrogen and oxygen atoms in total. The van der Waals surface area contributed by atoms with Crippen LogP contribution in [0.3, 0.4) is 0 Å². The van der Waals surface area contributed by atoms with Crippen LogP contribution in [0.2, 0.25) is 0 Å². The molecule has 0 aliphatic heterocycles. The fourth-order valence-electron chi connectivity index (χ4n) is 2.81. The van der Waals surface area contributed by atoms with Gasteiger partial charge in [0, 0.05) is 16.2 Å². The van der Waals surface area contributed by atoms with Crippen molar-refractivity contribution in [1.29, 1.82) is 0 Å². The number of rotatable bonds is 0. The van der Waals surface area contributed by atoms with Gasteiger partial charge < -0.3 is 4.55 Å². The molecule has 1 aliphatic rings. The first kappa shape index (κ1) is 16.8. The van der Waals surface area contributed by atoms with E-state index in [1.54, 1.807) is 7.11 Å². The molecule has 1 aliphatic carbocycles. The third kappa shape index (κ3) is 3.53. The third-order valence-electron chi connectivity index (χ3n) is 3.80. The number of carbonyl (C=O) groups excluding carboxylic acids is 1. The van der Waals surface area contributed by atoms with E-state index in [1.807, 2.05) is 11.3 Å². The van der Waals surface area contributed by atoms with Gasteiger partial charge in [-0.15, -0.1) is 15.2 Å². The zero-order chi connectivity index (χ0) is 17.3. The summed E-state index contributed by atoms with van der Waals surface area (Å²) < 4.78 is 42.1. The van der Waals surface area contributed by atoms with Gasteiger partial charge in [0.2, 0.25) is 0 Å². The average molecular weight is 364 g/mol. The molecule has 24 heavy (non-hydrogen) atoms. The summed E-state index contributed by atoms with van der Waals surface area (Å²) in [5.41, 5.74) is 2.71. The van der Waals surface area contributed by atoms with Crippen molar-refractivity contribution in [3.8, 4) is 0 Å². The summed E-state index contributed by atoms with van der Waals surface area (Å²) in [4.78, 5) is 0. The van der Waals surface area contributed by atoms with Crippen molar-refractivity contribution in [2.45, 2.75) is 6.42 Å². The largest absolute Gasteiger partial charge is 0.722 e. The lowest BCUT2D eigenvalue weighted by Crippen LogP contribution is -2.07. The highest BCUT2D eigenvalue weighted by molar-refractivity contribution is 7.80. The van der Waals surface area contributed by atoms with Crippen LogP contribution in [0.4, 0.5) is 3.89 Å². The maximum Gasteiger partial charge on any atom is 0.323 e. The first-order chi connectivity index (χ1) is 11.4. The van der Waals surface area contributed by atoms with Crippen LogP contribution in [0.5, 0.6) is 0 Å². The summed E-state index contributed by atoms with van der Waals surface area (Å²) in [6, 6.07) is 11.1. The van der Waals surface area contributed by atoms with E-state index in [1.165, 1.54) is 32.0 Å². The van der Waals surface area contributed by atoms with Gasteiger partial charge >= 0.3 is 5.78 Å². The molecular formula is C17H13FO4S2. The van der Waals surface area contributed by atoms with Crippen LogP contribution in [-0.4, -0.2) is 25.9 Å². The molecule has 0 fully saturated rings. The highest BCUT2D eigenvalue weighted by Gasteiger charge is 2.18. The molecule has 0 amide bonds. The number of thiophene rings is 1. The van der Waals surface area contributed by atoms with Crippen molar-refractivity contribution in [3.63, 3.8) is 0 Å². The molecule has 0 atom stereocenters. The van der Waals surface area contributed by atoms with Crippen molar-refractivity contribution >= 4 is 54.6 Å². The molecule has 0 radical (unpaired) electrons. The van der Waals surface area contributed by atoms with Gasteiger partial charge in [0.25, 0.3) is 17.6 Å². The lowest BCUT2D eigenvalue weighted by molar-refractivity contribution is -0.420. The Morgan fingerprint density at radius 2 is 1.79 bits per heavy atom. The van der Waals surface area contributed by atoms with E-state index in [0.717, 1.165) is 12.2 Å². The molecule has 1 heterocycles. The van der Waals surface area contributed by atoms with Crippen LogP contribution in [0, 0.1) is 0 Å². The van der Waals surface area contributed by atoms with Crippen LogP contribution in [0.15, 0.2) is 41.8 Å². The Kier molecular flexibility index (Phi) is 4.49. The molecule has 2 aromatic carbocycles. The molecule has 0 bridgehead atoms. The fraction of sp³-hybridized carbons (Fsp3) is 0.118. The standard InChI is InChI=1S/C17H13OS.FHO3S/c1-18-14-6-7-15-13(10-14)5-3-11-2-4-12-8-9-19-17(12)16(11)15;1-5(2,3)4/h2-9H,10H2,1H3;(H,2,3,4)/q+1;/p-1. The Balaban J connectivity index is 0.000000300. The summed E-state index contributed by atoms with van der Waals surface area (Å²) in [5.74, 6) is 1.03. The normalized spacial score (nSPS) is 15.4. The van der Waals surface area contributed by atoms with E-state index >= 15 is 0 Å². The van der Waals surface area contributed by atoms with Crippen molar-refractivity contribution in [2.24, 2.45) is 0 Å². The van der Waals surface area contributed by atoms with Gasteiger partial charge in [-0.3, -0.25) is 4.42 Å². The van der Waals surface area contributed by atoms with Crippen molar-refractivity contribution in [2.75, 3.05) is 7.11 Å². The minimum absolute atomic E-state index is 0.889. The van der Waals surface area contributed by atoms with Crippen LogP contribution in [0.25, 0.3) is 26.9 Å². The highest BCUT2D eigenvalue weighted by Crippen LogP contribution is 2.35. The zero-order valence-electron chi connectivity index (χ0n) is 12.7. The summed E-state index contributed by atoms with van der Waals surface area (Å²) in [6.07, 6.45) is 5.17. The number of ketones is 1. The Labute approximate surface area is 142 Å². The third-order valence-corrected chi connectivity index (χ3v) is 4.74. The quantitative estimate of drug-likeness (QED) is 0.346. The number of hydrogen-bond acceptors (Lipinski definition) is 4. The second-order valence-electron chi connectivity index (χ2n) is 5.21. The summed E-state index contributed by atoms with van der Waals surface area (Å²) in [5, 5.41) is 6.21. The number of benzene rings is 2. The Morgan fingerprint density at radius 1 is 1.12 bits per heavy atom. The number of hydrogen-bond donors (Lipinski definition) is 0. The molecule has 0 saturated heterocycles. The van der Waals surface area contributed by atoms with Gasteiger partial charge in [0.1, 0.15) is 0 Å². The SMILES string of the molecule is C[O+]=C1C=Cc2c(ccc3ccc4ccsc4c23)C1.O=S(=O)([O-])F. The van der Waals surface area contributed by atoms with Gasteiger partial charge in [0.15, 0.2) is 0 Å². The molecule has 7 heteroatoms. The van der Waals surface area contributed by atoms with E-state index in [-0.39, 0.29) is 0 Å². The van der Waals surface area contributed by atoms with E-state index in [2.05, 4.69) is 47.9 Å². The minimum atomic E-state index is -5.42. The molecule has 0 saturated carbocycles. The average Bonchev–Trinajstić information content (AvgIpc) is 3.00. The minimum Gasteiger partial charge on any atom is -0.722 e. The molecule has 124 valence electrons. The maximum atomic E-state index is 10.1. The summed E-state index contributed by atoms with van der Waals surface area (Å²) in [6.45, 7) is 0. The lowest BCUT2D eigenvalue weighted by Gasteiger charge is -2.12. The Hall–Kier alpha value is -2.09. The lowest BCUT2D eigenvalue weighted by atomic mass is 9.91. The smallest absolute Gasteiger partial charge is 0.323 e. The van der Waals surface area contributed by atoms with Gasteiger partial charge in [-0.1, -0.05) is 24.3 Å². The first-order valence-corrected chi connectivity index (χ1v) is 9.21. The van der Waals surface area contributed by atoms with Crippen LogP contribution in [-0.2, 0) is 21.3 Å². The molecule has 0 spiro atoms. The summed E-state index contributed by atoms with van der Waals surface area (Å²) >= 11 is 1.82. The number of halogens is 1. The van der Waals surface area contributed by atoms with Gasteiger partial charge in [-0.05, 0) is 39.4 Å². The maximum absolute atomic E-state index is 10.1. The molecule has 4 rings (SSSR count). The second-order valence-corrected chi connectivity index (χ2v) is 6.92. The van der Waals surface area contributed by atoms with Gasteiger partial charge in [-0.2, -0.15) is 0 Å². The van der Waals surface area contributed by atoms with E-state index in [0.29, 0.717) is 0 Å². The van der Waals surface area contributed by atoms with Crippen molar-refractivity contribution in [3.05, 3.63) is 52.9 Å². The monoisotopic (exact) mass is 364 g/mol.